The first-order valence-electron chi connectivity index (χ1n) is 30.1. The van der Waals surface area contributed by atoms with Gasteiger partial charge in [0.1, 0.15) is 0 Å². The molecule has 0 atom stereocenters. The highest BCUT2D eigenvalue weighted by Crippen LogP contribution is 2.49. The van der Waals surface area contributed by atoms with Crippen LogP contribution in [0.25, 0.3) is 67.5 Å². The molecule has 2 aliphatic heterocycles. The molecule has 0 bridgehead atoms. The van der Waals surface area contributed by atoms with E-state index >= 15 is 0 Å². The average molecular weight is 1100 g/mol. The molecule has 11 aromatic rings. The molecule has 0 N–H and O–H groups in total. The van der Waals surface area contributed by atoms with Gasteiger partial charge in [0.05, 0.1) is 0 Å². The van der Waals surface area contributed by atoms with Crippen LogP contribution in [0.1, 0.15) is 105 Å². The van der Waals surface area contributed by atoms with Gasteiger partial charge in [0.2, 0.25) is 0 Å². The summed E-state index contributed by atoms with van der Waals surface area (Å²) in [4.78, 5) is 21.6. The Bertz CT molecular complexity index is 4080. The quantitative estimate of drug-likeness (QED) is 0.142. The minimum absolute atomic E-state index is 0.144. The van der Waals surface area contributed by atoms with Gasteiger partial charge in [-0.3, -0.25) is 0 Å². The average Bonchev–Trinajstić information content (AvgIpc) is 1.58. The Balaban J connectivity index is 1.18. The third-order valence-corrected chi connectivity index (χ3v) is 17.2. The van der Waals surface area contributed by atoms with Crippen LogP contribution in [0.5, 0.6) is 0 Å². The lowest BCUT2D eigenvalue weighted by molar-refractivity contribution is 0.568. The summed E-state index contributed by atoms with van der Waals surface area (Å²) >= 11 is 0. The van der Waals surface area contributed by atoms with Crippen molar-refractivity contribution in [1.82, 2.24) is 15.0 Å². The maximum atomic E-state index is 5.60. The molecule has 418 valence electrons. The van der Waals surface area contributed by atoms with Crippen molar-refractivity contribution in [2.24, 2.45) is 0 Å². The molecule has 10 aromatic carbocycles. The molecule has 0 radical (unpaired) electrons. The van der Waals surface area contributed by atoms with Crippen molar-refractivity contribution in [2.45, 2.75) is 105 Å². The summed E-state index contributed by atoms with van der Waals surface area (Å²) in [6.45, 7) is 27.8. The molecule has 0 spiro atoms. The molecule has 0 unspecified atom stereocenters. The first kappa shape index (κ1) is 55.1. The fourth-order valence-corrected chi connectivity index (χ4v) is 12.3. The molecular formula is C79H74BN5. The Morgan fingerprint density at radius 2 is 0.576 bits per heavy atom. The minimum atomic E-state index is -0.181. The van der Waals surface area contributed by atoms with E-state index in [2.05, 4.69) is 317 Å². The number of aromatic nitrogens is 3. The van der Waals surface area contributed by atoms with Gasteiger partial charge in [0, 0.05) is 50.8 Å². The van der Waals surface area contributed by atoms with E-state index in [4.69, 9.17) is 15.0 Å². The zero-order valence-corrected chi connectivity index (χ0v) is 51.3. The van der Waals surface area contributed by atoms with Gasteiger partial charge >= 0.3 is 0 Å². The van der Waals surface area contributed by atoms with Crippen molar-refractivity contribution in [3.05, 3.63) is 253 Å². The summed E-state index contributed by atoms with van der Waals surface area (Å²) in [5.41, 5.74) is 24.6. The Kier molecular flexibility index (Phi) is 13.5. The number of hydrogen-bond acceptors (Lipinski definition) is 5. The number of anilines is 6. The first-order chi connectivity index (χ1) is 40.6. The summed E-state index contributed by atoms with van der Waals surface area (Å²) in [5.74, 6) is 1.82. The SMILES string of the molecule is CC(C)(C)c1cc(N2c3ccc(-c4ccccc4)cc3B3c4cc(-c5ccccc5)ccc4N(c4cc(C(C)(C)C)cc(C(C)(C)C)c4)c4cc(-c5nc(-c6ccccc6)nc(-c6cccc(-c7ccccc7)c6)n5)cc2c43)cc(C(C)(C)C)c1. The number of nitrogens with zero attached hydrogens (tertiary/aromatic N) is 5. The van der Waals surface area contributed by atoms with Gasteiger partial charge in [0.15, 0.2) is 17.5 Å². The van der Waals surface area contributed by atoms with Crippen molar-refractivity contribution in [3.63, 3.8) is 0 Å². The molecular weight excluding hydrogens is 1030 g/mol. The van der Waals surface area contributed by atoms with Crippen LogP contribution in [-0.2, 0) is 21.7 Å². The summed E-state index contributed by atoms with van der Waals surface area (Å²) in [7, 11) is 0. The molecule has 85 heavy (non-hydrogen) atoms. The number of fused-ring (bicyclic) bond motifs is 4. The van der Waals surface area contributed by atoms with Crippen LogP contribution in [0.4, 0.5) is 34.1 Å². The molecule has 0 amide bonds. The summed E-state index contributed by atoms with van der Waals surface area (Å²) in [6.07, 6.45) is 0. The van der Waals surface area contributed by atoms with E-state index in [-0.39, 0.29) is 28.4 Å². The van der Waals surface area contributed by atoms with Crippen molar-refractivity contribution in [1.29, 1.82) is 0 Å². The van der Waals surface area contributed by atoms with Crippen LogP contribution in [0.3, 0.4) is 0 Å². The zero-order valence-electron chi connectivity index (χ0n) is 51.3. The van der Waals surface area contributed by atoms with Crippen LogP contribution >= 0.6 is 0 Å². The highest BCUT2D eigenvalue weighted by atomic mass is 15.2. The predicted octanol–water partition coefficient (Wildman–Crippen LogP) is 19.1. The minimum Gasteiger partial charge on any atom is -0.311 e. The van der Waals surface area contributed by atoms with Crippen LogP contribution in [0.15, 0.2) is 231 Å². The van der Waals surface area contributed by atoms with Crippen LogP contribution in [0.2, 0.25) is 0 Å². The summed E-state index contributed by atoms with van der Waals surface area (Å²) < 4.78 is 0. The van der Waals surface area contributed by atoms with Gasteiger partial charge in [0.25, 0.3) is 6.71 Å². The fraction of sp³-hybridized carbons (Fsp3) is 0.203. The maximum absolute atomic E-state index is 5.60. The summed E-state index contributed by atoms with van der Waals surface area (Å²) in [5, 5.41) is 0. The topological polar surface area (TPSA) is 45.2 Å². The molecule has 1 aromatic heterocycles. The van der Waals surface area contributed by atoms with Gasteiger partial charge in [-0.1, -0.05) is 259 Å². The van der Waals surface area contributed by atoms with E-state index in [1.807, 2.05) is 6.07 Å². The first-order valence-corrected chi connectivity index (χ1v) is 30.1. The smallest absolute Gasteiger partial charge is 0.252 e. The van der Waals surface area contributed by atoms with E-state index < -0.39 is 0 Å². The lowest BCUT2D eigenvalue weighted by Gasteiger charge is -2.45. The van der Waals surface area contributed by atoms with Crippen LogP contribution < -0.4 is 26.2 Å². The molecule has 0 fully saturated rings. The number of hydrogen-bond donors (Lipinski definition) is 0. The van der Waals surface area contributed by atoms with E-state index in [0.29, 0.717) is 17.5 Å². The predicted molar refractivity (Wildman–Crippen MR) is 361 cm³/mol. The van der Waals surface area contributed by atoms with E-state index in [1.165, 1.54) is 60.9 Å². The molecule has 0 saturated carbocycles. The second kappa shape index (κ2) is 20.9. The maximum Gasteiger partial charge on any atom is 0.252 e. The Morgan fingerprint density at radius 1 is 0.259 bits per heavy atom. The Labute approximate surface area is 504 Å². The molecule has 13 rings (SSSR count). The zero-order chi connectivity index (χ0) is 59.2. The fourth-order valence-electron chi connectivity index (χ4n) is 12.3. The highest BCUT2D eigenvalue weighted by Gasteiger charge is 2.45. The second-order valence-electron chi connectivity index (χ2n) is 27.5. The van der Waals surface area contributed by atoms with Crippen molar-refractivity contribution in [3.8, 4) is 67.5 Å². The Hall–Kier alpha value is -9.13. The molecule has 6 heteroatoms. The van der Waals surface area contributed by atoms with Crippen LogP contribution in [0, 0.1) is 0 Å². The van der Waals surface area contributed by atoms with E-state index in [1.54, 1.807) is 0 Å². The monoisotopic (exact) mass is 1100 g/mol. The van der Waals surface area contributed by atoms with Gasteiger partial charge in [-0.05, 0) is 148 Å². The third-order valence-electron chi connectivity index (χ3n) is 17.2. The third kappa shape index (κ3) is 10.5. The Morgan fingerprint density at radius 3 is 0.953 bits per heavy atom. The lowest BCUT2D eigenvalue weighted by Crippen LogP contribution is -2.61. The normalized spacial score (nSPS) is 13.1. The standard InChI is InChI=1S/C79H74BN5/c1-76(2,3)60-45-61(77(4,5)6)48-64(47-60)84-68-38-36-56(52-28-19-14-20-29-52)41-66(68)80-67-42-57(53-30-21-15-22-31-53)37-39-69(67)85(65-49-62(78(7,8)9)46-63(50-65)79(10,11)12)71-44-59(43-70(84)72(71)80)75-82-73(54-32-23-16-24-33-54)81-74(83-75)58-35-25-34-55(40-58)51-26-17-13-18-27-51/h13-50H,1-12H3. The van der Waals surface area contributed by atoms with Crippen molar-refractivity contribution >= 4 is 57.2 Å². The molecule has 0 saturated heterocycles. The van der Waals surface area contributed by atoms with E-state index in [0.717, 1.165) is 61.9 Å². The largest absolute Gasteiger partial charge is 0.311 e. The van der Waals surface area contributed by atoms with Gasteiger partial charge < -0.3 is 9.80 Å². The van der Waals surface area contributed by atoms with Crippen LogP contribution in [-0.4, -0.2) is 21.7 Å². The molecule has 0 aliphatic carbocycles. The van der Waals surface area contributed by atoms with E-state index in [9.17, 15) is 0 Å². The van der Waals surface area contributed by atoms with Gasteiger partial charge in [-0.2, -0.15) is 0 Å². The van der Waals surface area contributed by atoms with Gasteiger partial charge in [-0.25, -0.2) is 15.0 Å². The number of rotatable bonds is 8. The highest BCUT2D eigenvalue weighted by molar-refractivity contribution is 7.00. The lowest BCUT2D eigenvalue weighted by atomic mass is 9.33. The second-order valence-corrected chi connectivity index (χ2v) is 27.5. The van der Waals surface area contributed by atoms with Crippen molar-refractivity contribution < 1.29 is 0 Å². The van der Waals surface area contributed by atoms with Crippen molar-refractivity contribution in [2.75, 3.05) is 9.80 Å². The molecule has 3 heterocycles. The summed E-state index contributed by atoms with van der Waals surface area (Å²) in [6, 6.07) is 85.1. The number of benzene rings is 10. The molecule has 5 nitrogen and oxygen atoms in total. The molecule has 2 aliphatic rings. The van der Waals surface area contributed by atoms with Gasteiger partial charge in [-0.15, -0.1) is 0 Å².